The lowest BCUT2D eigenvalue weighted by molar-refractivity contribution is -0.146. The maximum atomic E-state index is 12.8. The first-order valence-electron chi connectivity index (χ1n) is 7.11. The molecule has 2 fully saturated rings. The van der Waals surface area contributed by atoms with Crippen molar-refractivity contribution in [2.45, 2.75) is 11.7 Å². The Hall–Kier alpha value is -2.34. The van der Waals surface area contributed by atoms with Crippen LogP contribution in [0.3, 0.4) is 0 Å². The normalized spacial score (nSPS) is 35.0. The third kappa shape index (κ3) is 1.58. The Kier molecular flexibility index (Phi) is 2.62. The molecule has 1 aromatic rings. The molecule has 0 saturated carbocycles. The van der Waals surface area contributed by atoms with E-state index in [0.717, 1.165) is 0 Å². The average Bonchev–Trinajstić information content (AvgIpc) is 3.15. The number of methoxy groups -OCH3 is 1. The van der Waals surface area contributed by atoms with Crippen molar-refractivity contribution in [3.8, 4) is 5.75 Å². The number of carboxylic acid groups (broad SMARTS) is 1. The lowest BCUT2D eigenvalue weighted by Crippen LogP contribution is -2.39. The molecule has 1 amide bonds. The highest BCUT2D eigenvalue weighted by atomic mass is 16.5. The molecule has 22 heavy (non-hydrogen) atoms. The molecular weight excluding hydrogens is 286 g/mol. The number of nitrogens with zero attached hydrogens (tertiary/aromatic N) is 1. The third-order valence-corrected chi connectivity index (χ3v) is 4.75. The Morgan fingerprint density at radius 3 is 3.05 bits per heavy atom. The van der Waals surface area contributed by atoms with Crippen molar-refractivity contribution in [1.29, 1.82) is 0 Å². The number of carbonyl (C=O) groups is 2. The first-order chi connectivity index (χ1) is 10.6. The summed E-state index contributed by atoms with van der Waals surface area (Å²) in [6, 6.07) is 7.17. The molecule has 6 nitrogen and oxygen atoms in total. The lowest BCUT2D eigenvalue weighted by atomic mass is 9.77. The molecule has 3 aliphatic heterocycles. The zero-order valence-electron chi connectivity index (χ0n) is 11.9. The van der Waals surface area contributed by atoms with Crippen LogP contribution in [-0.4, -0.2) is 42.3 Å². The Bertz CT molecular complexity index is 700. The maximum Gasteiger partial charge on any atom is 0.310 e. The number of carbonyl (C=O) groups excluding carboxylic acids is 1. The quantitative estimate of drug-likeness (QED) is 0.845. The predicted molar refractivity (Wildman–Crippen MR) is 76.7 cm³/mol. The second kappa shape index (κ2) is 4.33. The molecule has 4 atom stereocenters. The van der Waals surface area contributed by atoms with Crippen LogP contribution in [0.25, 0.3) is 0 Å². The fourth-order valence-corrected chi connectivity index (χ4v) is 3.78. The predicted octanol–water partition coefficient (Wildman–Crippen LogP) is 1.07. The van der Waals surface area contributed by atoms with Crippen molar-refractivity contribution in [3.05, 3.63) is 36.4 Å². The smallest absolute Gasteiger partial charge is 0.310 e. The monoisotopic (exact) mass is 301 g/mol. The van der Waals surface area contributed by atoms with Crippen molar-refractivity contribution in [1.82, 2.24) is 0 Å². The topological polar surface area (TPSA) is 76.1 Å². The molecule has 2 bridgehead atoms. The van der Waals surface area contributed by atoms with Gasteiger partial charge in [-0.1, -0.05) is 18.2 Å². The molecule has 114 valence electrons. The highest BCUT2D eigenvalue weighted by molar-refractivity contribution is 6.02. The Morgan fingerprint density at radius 2 is 2.32 bits per heavy atom. The molecule has 0 aliphatic carbocycles. The van der Waals surface area contributed by atoms with Crippen LogP contribution in [0.4, 0.5) is 5.69 Å². The largest absolute Gasteiger partial charge is 0.497 e. The highest BCUT2D eigenvalue weighted by Crippen LogP contribution is 2.52. The second-order valence-electron chi connectivity index (χ2n) is 5.86. The molecule has 1 aromatic carbocycles. The van der Waals surface area contributed by atoms with Gasteiger partial charge in [0.25, 0.3) is 0 Å². The number of hydrogen-bond acceptors (Lipinski definition) is 4. The van der Waals surface area contributed by atoms with Gasteiger partial charge in [0.05, 0.1) is 25.7 Å². The molecule has 3 heterocycles. The van der Waals surface area contributed by atoms with Crippen LogP contribution in [0, 0.1) is 11.8 Å². The van der Waals surface area contributed by atoms with Crippen molar-refractivity contribution in [3.63, 3.8) is 0 Å². The fourth-order valence-electron chi connectivity index (χ4n) is 3.78. The van der Waals surface area contributed by atoms with Crippen molar-refractivity contribution < 1.29 is 24.2 Å². The number of amides is 1. The standard InChI is InChI=1S/C16H15NO5/c1-21-10-4-2-3-9(7-10)17-8-16-6-5-11(22-16)12(15(19)20)13(16)14(17)18/h2-7,11-13H,8H2,1H3,(H,19,20)/t11-,12-,13+,16-/m0/s1. The molecule has 0 aromatic heterocycles. The van der Waals surface area contributed by atoms with E-state index in [1.165, 1.54) is 0 Å². The highest BCUT2D eigenvalue weighted by Gasteiger charge is 2.67. The van der Waals surface area contributed by atoms with Gasteiger partial charge in [0.15, 0.2) is 0 Å². The minimum Gasteiger partial charge on any atom is -0.497 e. The van der Waals surface area contributed by atoms with Crippen LogP contribution >= 0.6 is 0 Å². The van der Waals surface area contributed by atoms with Crippen LogP contribution in [0.1, 0.15) is 0 Å². The van der Waals surface area contributed by atoms with Crippen LogP contribution in [-0.2, 0) is 14.3 Å². The maximum absolute atomic E-state index is 12.8. The summed E-state index contributed by atoms with van der Waals surface area (Å²) in [6.07, 6.45) is 3.11. The van der Waals surface area contributed by atoms with E-state index < -0.39 is 29.5 Å². The molecule has 4 rings (SSSR count). The minimum atomic E-state index is -0.984. The molecule has 1 N–H and O–H groups in total. The molecule has 2 saturated heterocycles. The summed E-state index contributed by atoms with van der Waals surface area (Å²) in [7, 11) is 1.56. The van der Waals surface area contributed by atoms with Gasteiger partial charge < -0.3 is 19.5 Å². The lowest BCUT2D eigenvalue weighted by Gasteiger charge is -2.21. The Morgan fingerprint density at radius 1 is 1.50 bits per heavy atom. The average molecular weight is 301 g/mol. The van der Waals surface area contributed by atoms with E-state index in [-0.39, 0.29) is 5.91 Å². The van der Waals surface area contributed by atoms with E-state index >= 15 is 0 Å². The van der Waals surface area contributed by atoms with Gasteiger partial charge in [0.2, 0.25) is 5.91 Å². The van der Waals surface area contributed by atoms with Gasteiger partial charge in [0.1, 0.15) is 17.3 Å². The molecule has 0 unspecified atom stereocenters. The number of benzene rings is 1. The Labute approximate surface area is 126 Å². The zero-order valence-corrected chi connectivity index (χ0v) is 11.9. The van der Waals surface area contributed by atoms with Crippen LogP contribution in [0.2, 0.25) is 0 Å². The number of carboxylic acids is 1. The van der Waals surface area contributed by atoms with Crippen LogP contribution in [0.5, 0.6) is 5.75 Å². The van der Waals surface area contributed by atoms with Crippen molar-refractivity contribution in [2.75, 3.05) is 18.6 Å². The fraction of sp³-hybridized carbons (Fsp3) is 0.375. The number of anilines is 1. The number of ether oxygens (including phenoxy) is 2. The van der Waals surface area contributed by atoms with Gasteiger partial charge in [-0.3, -0.25) is 9.59 Å². The van der Waals surface area contributed by atoms with Gasteiger partial charge in [-0.25, -0.2) is 0 Å². The number of aliphatic carboxylic acids is 1. The van der Waals surface area contributed by atoms with Gasteiger partial charge in [-0.15, -0.1) is 0 Å². The van der Waals surface area contributed by atoms with E-state index in [1.807, 2.05) is 12.1 Å². The number of hydrogen-bond donors (Lipinski definition) is 1. The SMILES string of the molecule is COc1cccc(N2C[C@]34C=C[C@H](O3)[C@H](C(=O)O)[C@@H]4C2=O)c1. The summed E-state index contributed by atoms with van der Waals surface area (Å²) in [5, 5.41) is 9.43. The summed E-state index contributed by atoms with van der Waals surface area (Å²) in [5.41, 5.74) is -0.119. The van der Waals surface area contributed by atoms with E-state index in [4.69, 9.17) is 9.47 Å². The number of rotatable bonds is 3. The van der Waals surface area contributed by atoms with Gasteiger partial charge in [-0.05, 0) is 12.1 Å². The molecule has 6 heteroatoms. The Balaban J connectivity index is 1.73. The van der Waals surface area contributed by atoms with E-state index in [9.17, 15) is 14.7 Å². The molecule has 0 radical (unpaired) electrons. The summed E-state index contributed by atoms with van der Waals surface area (Å²) < 4.78 is 11.0. The minimum absolute atomic E-state index is 0.201. The van der Waals surface area contributed by atoms with Gasteiger partial charge in [0, 0.05) is 11.8 Å². The van der Waals surface area contributed by atoms with Crippen molar-refractivity contribution in [2.24, 2.45) is 11.8 Å². The summed E-state index contributed by atoms with van der Waals surface area (Å²) in [4.78, 5) is 25.9. The first-order valence-corrected chi connectivity index (χ1v) is 7.11. The third-order valence-electron chi connectivity index (χ3n) is 4.75. The molecule has 1 spiro atoms. The van der Waals surface area contributed by atoms with Crippen molar-refractivity contribution >= 4 is 17.6 Å². The number of fused-ring (bicyclic) bond motifs is 1. The van der Waals surface area contributed by atoms with Crippen LogP contribution in [0.15, 0.2) is 36.4 Å². The van der Waals surface area contributed by atoms with Gasteiger partial charge in [-0.2, -0.15) is 0 Å². The molecular formula is C16H15NO5. The summed E-state index contributed by atoms with van der Waals surface area (Å²) in [6.45, 7) is 0.334. The van der Waals surface area contributed by atoms with Gasteiger partial charge >= 0.3 is 5.97 Å². The van der Waals surface area contributed by atoms with E-state index in [2.05, 4.69) is 0 Å². The van der Waals surface area contributed by atoms with E-state index in [1.54, 1.807) is 36.3 Å². The zero-order chi connectivity index (χ0) is 15.5. The van der Waals surface area contributed by atoms with Crippen LogP contribution < -0.4 is 9.64 Å². The summed E-state index contributed by atoms with van der Waals surface area (Å²) >= 11 is 0. The summed E-state index contributed by atoms with van der Waals surface area (Å²) in [5.74, 6) is -2.01. The molecule has 3 aliphatic rings. The first kappa shape index (κ1) is 13.3. The second-order valence-corrected chi connectivity index (χ2v) is 5.86. The van der Waals surface area contributed by atoms with E-state index in [0.29, 0.717) is 18.0 Å².